The molecule has 1 aliphatic heterocycles. The summed E-state index contributed by atoms with van der Waals surface area (Å²) in [5.41, 5.74) is 3.96. The van der Waals surface area contributed by atoms with Gasteiger partial charge in [-0.1, -0.05) is 6.58 Å². The molecule has 1 aromatic carbocycles. The largest absolute Gasteiger partial charge is 0.336 e. The number of nitriles is 1. The van der Waals surface area contributed by atoms with Gasteiger partial charge in [0.1, 0.15) is 23.4 Å². The zero-order valence-electron chi connectivity index (χ0n) is 22.2. The lowest BCUT2D eigenvalue weighted by molar-refractivity contribution is 0.0777. The molecule has 1 saturated heterocycles. The normalized spacial score (nSPS) is 16.9. The lowest BCUT2D eigenvalue weighted by atomic mass is 10.1. The van der Waals surface area contributed by atoms with Crippen LogP contribution in [0.3, 0.4) is 0 Å². The van der Waals surface area contributed by atoms with Gasteiger partial charge >= 0.3 is 0 Å². The second-order valence-corrected chi connectivity index (χ2v) is 9.68. The first-order valence-corrected chi connectivity index (χ1v) is 12.2. The fraction of sp³-hybridized carbons (Fsp3) is 0.357. The number of benzene rings is 1. The maximum absolute atomic E-state index is 14.8. The van der Waals surface area contributed by atoms with Crippen molar-refractivity contribution >= 4 is 22.4 Å². The van der Waals surface area contributed by atoms with Crippen LogP contribution in [0.2, 0.25) is 0 Å². The molecule has 1 fully saturated rings. The maximum Gasteiger partial charge on any atom is 0.274 e. The number of hydrogen-bond acceptors (Lipinski definition) is 5. The first-order chi connectivity index (χ1) is 17.6. The molecule has 8 nitrogen and oxygen atoms in total. The Bertz CT molecular complexity index is 1500. The predicted octanol–water partition coefficient (Wildman–Crippen LogP) is 4.49. The van der Waals surface area contributed by atoms with Gasteiger partial charge in [0.25, 0.3) is 5.91 Å². The molecule has 0 unspecified atom stereocenters. The molecule has 2 aromatic heterocycles. The molecular weight excluding hydrogens is 469 g/mol. The van der Waals surface area contributed by atoms with Gasteiger partial charge < -0.3 is 9.80 Å². The van der Waals surface area contributed by atoms with E-state index in [1.54, 1.807) is 6.92 Å². The van der Waals surface area contributed by atoms with Crippen LogP contribution in [0.4, 0.5) is 4.39 Å². The highest BCUT2D eigenvalue weighted by Gasteiger charge is 2.31. The Hall–Kier alpha value is -4.03. The molecule has 4 rings (SSSR count). The summed E-state index contributed by atoms with van der Waals surface area (Å²) in [6, 6.07) is 7.96. The Morgan fingerprint density at radius 1 is 1.30 bits per heavy atom. The van der Waals surface area contributed by atoms with Crippen LogP contribution in [0.15, 0.2) is 48.3 Å². The van der Waals surface area contributed by atoms with Crippen LogP contribution < -0.4 is 0 Å². The summed E-state index contributed by atoms with van der Waals surface area (Å²) in [6.45, 7) is 10.4. The highest BCUT2D eigenvalue weighted by molar-refractivity contribution is 5.94. The molecule has 3 aromatic rings. The summed E-state index contributed by atoms with van der Waals surface area (Å²) in [7, 11) is 5.93. The minimum absolute atomic E-state index is 0.145. The number of aryl methyl sites for hydroxylation is 2. The molecule has 37 heavy (non-hydrogen) atoms. The number of allylic oxidation sites excluding steroid dienone is 5. The van der Waals surface area contributed by atoms with Gasteiger partial charge in [0.15, 0.2) is 0 Å². The third kappa shape index (κ3) is 4.72. The third-order valence-electron chi connectivity index (χ3n) is 7.14. The average molecular weight is 502 g/mol. The maximum atomic E-state index is 14.8. The topological polar surface area (TPSA) is 83.0 Å². The van der Waals surface area contributed by atoms with Gasteiger partial charge in [-0.3, -0.25) is 14.0 Å². The molecule has 3 heterocycles. The van der Waals surface area contributed by atoms with E-state index in [-0.39, 0.29) is 11.5 Å². The van der Waals surface area contributed by atoms with Crippen molar-refractivity contribution in [1.82, 2.24) is 29.1 Å². The van der Waals surface area contributed by atoms with Crippen molar-refractivity contribution in [2.45, 2.75) is 33.2 Å². The average Bonchev–Trinajstić information content (AvgIpc) is 3.56. The van der Waals surface area contributed by atoms with E-state index in [4.69, 9.17) is 4.98 Å². The van der Waals surface area contributed by atoms with Crippen molar-refractivity contribution < 1.29 is 9.18 Å². The number of imidazole rings is 1. The lowest BCUT2D eigenvalue weighted by Gasteiger charge is -2.20. The van der Waals surface area contributed by atoms with Crippen LogP contribution in [0.5, 0.6) is 0 Å². The lowest BCUT2D eigenvalue weighted by Crippen LogP contribution is -2.34. The number of likely N-dealkylation sites (tertiary alicyclic amines) is 1. The summed E-state index contributed by atoms with van der Waals surface area (Å²) in [5.74, 6) is -0.420. The van der Waals surface area contributed by atoms with E-state index in [1.807, 2.05) is 73.4 Å². The molecule has 1 aliphatic rings. The van der Waals surface area contributed by atoms with Crippen LogP contribution in [0.1, 0.15) is 41.0 Å². The fourth-order valence-corrected chi connectivity index (χ4v) is 4.76. The van der Waals surface area contributed by atoms with Crippen LogP contribution >= 0.6 is 0 Å². The van der Waals surface area contributed by atoms with E-state index in [1.165, 1.54) is 12.2 Å². The Labute approximate surface area is 216 Å². The van der Waals surface area contributed by atoms with Crippen molar-refractivity contribution in [3.63, 3.8) is 0 Å². The van der Waals surface area contributed by atoms with E-state index in [0.29, 0.717) is 41.9 Å². The number of rotatable bonds is 6. The Balaban J connectivity index is 1.88. The molecule has 0 N–H and O–H groups in total. The zero-order valence-corrected chi connectivity index (χ0v) is 22.2. The second kappa shape index (κ2) is 10.1. The van der Waals surface area contributed by atoms with E-state index in [2.05, 4.69) is 16.6 Å². The minimum atomic E-state index is -0.706. The van der Waals surface area contributed by atoms with Crippen LogP contribution in [0, 0.1) is 25.2 Å². The predicted molar refractivity (Wildman–Crippen MR) is 143 cm³/mol. The van der Waals surface area contributed by atoms with Crippen molar-refractivity contribution in [3.05, 3.63) is 71.2 Å². The molecule has 0 aliphatic carbocycles. The molecule has 1 atom stereocenters. The second-order valence-electron chi connectivity index (χ2n) is 9.68. The van der Waals surface area contributed by atoms with E-state index in [0.717, 1.165) is 28.7 Å². The number of carbonyl (C=O) groups is 1. The smallest absolute Gasteiger partial charge is 0.274 e. The Morgan fingerprint density at radius 3 is 2.65 bits per heavy atom. The quantitative estimate of drug-likeness (QED) is 0.367. The monoisotopic (exact) mass is 501 g/mol. The molecule has 192 valence electrons. The summed E-state index contributed by atoms with van der Waals surface area (Å²) >= 11 is 0. The van der Waals surface area contributed by atoms with Crippen molar-refractivity contribution in [2.75, 3.05) is 27.2 Å². The van der Waals surface area contributed by atoms with E-state index < -0.39 is 5.83 Å². The van der Waals surface area contributed by atoms with Crippen LogP contribution in [-0.2, 0) is 7.05 Å². The molecule has 0 saturated carbocycles. The van der Waals surface area contributed by atoms with Crippen molar-refractivity contribution in [2.24, 2.45) is 7.05 Å². The molecular formula is C28H32FN7O. The van der Waals surface area contributed by atoms with Gasteiger partial charge in [-0.05, 0) is 77.2 Å². The number of likely N-dealkylation sites (N-methyl/N-ethyl adjacent to an activating group) is 1. The Kier molecular flexibility index (Phi) is 7.14. The molecule has 0 bridgehead atoms. The van der Waals surface area contributed by atoms with Gasteiger partial charge in [0.2, 0.25) is 0 Å². The van der Waals surface area contributed by atoms with Crippen molar-refractivity contribution in [1.29, 1.82) is 5.26 Å². The summed E-state index contributed by atoms with van der Waals surface area (Å²) in [4.78, 5) is 22.3. The highest BCUT2D eigenvalue weighted by Crippen LogP contribution is 2.29. The number of halogens is 1. The SMILES string of the molecule is C=C/C(C#N)=C(F)\C=C(/C)c1nc(C(=O)N2CC[C@H](N(C)C)C2)c(C)n1-c1ccc2nn(C)c(C)c2c1. The highest BCUT2D eigenvalue weighted by atomic mass is 19.1. The van der Waals surface area contributed by atoms with Gasteiger partial charge in [-0.2, -0.15) is 10.4 Å². The molecule has 9 heteroatoms. The fourth-order valence-electron chi connectivity index (χ4n) is 4.76. The van der Waals surface area contributed by atoms with Gasteiger partial charge in [0.05, 0.1) is 16.8 Å². The standard InChI is InChI=1S/C28H32FN7O/c1-8-20(15-30)24(29)13-17(2)27-31-26(28(37)35-12-11-22(16-35)33(5)6)19(4)36(27)21-9-10-25-23(14-21)18(3)34(7)32-25/h8-10,13-14,22H,1,11-12,16H2,2-7H3/b17-13+,24-20-/t22-/m0/s1. The number of hydrogen-bond donors (Lipinski definition) is 0. The van der Waals surface area contributed by atoms with Gasteiger partial charge in [-0.25, -0.2) is 9.37 Å². The van der Waals surface area contributed by atoms with Gasteiger partial charge in [-0.15, -0.1) is 0 Å². The number of aromatic nitrogens is 4. The Morgan fingerprint density at radius 2 is 2.03 bits per heavy atom. The molecule has 0 spiro atoms. The number of nitrogens with zero attached hydrogens (tertiary/aromatic N) is 7. The molecule has 0 radical (unpaired) electrons. The summed E-state index contributed by atoms with van der Waals surface area (Å²) in [6.07, 6.45) is 3.34. The number of fused-ring (bicyclic) bond motifs is 1. The van der Waals surface area contributed by atoms with Gasteiger partial charge in [0, 0.05) is 42.9 Å². The first-order valence-electron chi connectivity index (χ1n) is 12.2. The summed E-state index contributed by atoms with van der Waals surface area (Å²) < 4.78 is 18.5. The third-order valence-corrected chi connectivity index (χ3v) is 7.14. The number of amides is 1. The van der Waals surface area contributed by atoms with E-state index >= 15 is 0 Å². The molecule has 1 amide bonds. The van der Waals surface area contributed by atoms with Crippen LogP contribution in [-0.4, -0.2) is 68.3 Å². The zero-order chi connectivity index (χ0) is 27.0. The summed E-state index contributed by atoms with van der Waals surface area (Å²) in [5, 5.41) is 14.7. The van der Waals surface area contributed by atoms with Crippen LogP contribution in [0.25, 0.3) is 22.2 Å². The minimum Gasteiger partial charge on any atom is -0.336 e. The first kappa shape index (κ1) is 26.0. The number of carbonyl (C=O) groups excluding carboxylic acids is 1. The van der Waals surface area contributed by atoms with E-state index in [9.17, 15) is 14.4 Å². The van der Waals surface area contributed by atoms with Crippen molar-refractivity contribution in [3.8, 4) is 11.8 Å².